The molecule has 1 aliphatic heterocycles. The van der Waals surface area contributed by atoms with Gasteiger partial charge < -0.3 is 9.84 Å². The molecule has 1 N–H and O–H groups in total. The zero-order chi connectivity index (χ0) is 12.6. The summed E-state index contributed by atoms with van der Waals surface area (Å²) in [7, 11) is 0. The molecule has 92 valence electrons. The van der Waals surface area contributed by atoms with E-state index >= 15 is 0 Å². The number of rotatable bonds is 2. The molecule has 3 heteroatoms. The molecule has 0 aliphatic carbocycles. The van der Waals surface area contributed by atoms with E-state index in [1.165, 1.54) is 0 Å². The average molecular weight is 234 g/mol. The van der Waals surface area contributed by atoms with E-state index in [0.717, 1.165) is 29.7 Å². The summed E-state index contributed by atoms with van der Waals surface area (Å²) in [5.74, 6) is -0.361. The third-order valence-corrected chi connectivity index (χ3v) is 3.34. The largest absolute Gasteiger partial charge is 0.488 e. The highest BCUT2D eigenvalue weighted by molar-refractivity contribution is 5.75. The number of ether oxygens (including phenoxy) is 1. The van der Waals surface area contributed by atoms with Crippen molar-refractivity contribution in [2.75, 3.05) is 0 Å². The molecule has 2 rings (SSSR count). The van der Waals surface area contributed by atoms with Crippen molar-refractivity contribution in [3.8, 4) is 5.75 Å². The number of hydrogen-bond acceptors (Lipinski definition) is 2. The van der Waals surface area contributed by atoms with Crippen molar-refractivity contribution in [3.05, 3.63) is 29.3 Å². The van der Waals surface area contributed by atoms with Gasteiger partial charge in [-0.2, -0.15) is 0 Å². The van der Waals surface area contributed by atoms with Crippen molar-refractivity contribution in [2.45, 2.75) is 45.1 Å². The molecule has 0 radical (unpaired) electrons. The van der Waals surface area contributed by atoms with Crippen LogP contribution in [0.1, 0.15) is 44.2 Å². The molecule has 0 spiro atoms. The Morgan fingerprint density at radius 3 is 2.82 bits per heavy atom. The lowest BCUT2D eigenvalue weighted by Gasteiger charge is -2.32. The van der Waals surface area contributed by atoms with Gasteiger partial charge in [0.15, 0.2) is 0 Å². The van der Waals surface area contributed by atoms with Crippen LogP contribution in [0.4, 0.5) is 0 Å². The number of carboxylic acids is 1. The molecule has 0 fully saturated rings. The maximum absolute atomic E-state index is 10.9. The quantitative estimate of drug-likeness (QED) is 0.855. The Bertz CT molecular complexity index is 449. The lowest BCUT2D eigenvalue weighted by atomic mass is 9.91. The average Bonchev–Trinajstić information content (AvgIpc) is 2.26. The predicted molar refractivity (Wildman–Crippen MR) is 65.5 cm³/mol. The van der Waals surface area contributed by atoms with Gasteiger partial charge in [0.25, 0.3) is 0 Å². The standard InChI is InChI=1S/C14H18O3/c1-9(13(15)16)10-4-5-12-11(8-10)6-7-14(2,3)17-12/h4-5,8-9H,6-7H2,1-3H3,(H,15,16)/t9-/m1/s1. The fourth-order valence-corrected chi connectivity index (χ4v) is 2.09. The van der Waals surface area contributed by atoms with Crippen molar-refractivity contribution in [2.24, 2.45) is 0 Å². The molecular formula is C14H18O3. The minimum Gasteiger partial charge on any atom is -0.488 e. The van der Waals surface area contributed by atoms with Gasteiger partial charge in [-0.1, -0.05) is 12.1 Å². The Balaban J connectivity index is 2.30. The second kappa shape index (κ2) is 4.06. The maximum Gasteiger partial charge on any atom is 0.310 e. The van der Waals surface area contributed by atoms with Crippen LogP contribution in [0.15, 0.2) is 18.2 Å². The number of carbonyl (C=O) groups is 1. The van der Waals surface area contributed by atoms with Crippen LogP contribution in [0.5, 0.6) is 5.75 Å². The smallest absolute Gasteiger partial charge is 0.310 e. The van der Waals surface area contributed by atoms with Gasteiger partial charge in [-0.25, -0.2) is 0 Å². The monoisotopic (exact) mass is 234 g/mol. The first-order valence-corrected chi connectivity index (χ1v) is 5.94. The number of benzene rings is 1. The van der Waals surface area contributed by atoms with E-state index in [2.05, 4.69) is 13.8 Å². The van der Waals surface area contributed by atoms with E-state index in [1.807, 2.05) is 18.2 Å². The number of aliphatic carboxylic acids is 1. The molecule has 0 bridgehead atoms. The molecule has 0 unspecified atom stereocenters. The van der Waals surface area contributed by atoms with Crippen LogP contribution >= 0.6 is 0 Å². The first-order chi connectivity index (χ1) is 7.89. The van der Waals surface area contributed by atoms with Crippen LogP contribution in [0.25, 0.3) is 0 Å². The van der Waals surface area contributed by atoms with Crippen molar-refractivity contribution >= 4 is 5.97 Å². The van der Waals surface area contributed by atoms with E-state index in [1.54, 1.807) is 6.92 Å². The predicted octanol–water partition coefficient (Wildman–Crippen LogP) is 2.98. The van der Waals surface area contributed by atoms with Crippen LogP contribution in [0, 0.1) is 0 Å². The first-order valence-electron chi connectivity index (χ1n) is 5.94. The Labute approximate surface area is 101 Å². The molecule has 0 saturated heterocycles. The van der Waals surface area contributed by atoms with Gasteiger partial charge in [-0.05, 0) is 50.8 Å². The number of fused-ring (bicyclic) bond motifs is 1. The van der Waals surface area contributed by atoms with Crippen molar-refractivity contribution in [1.82, 2.24) is 0 Å². The van der Waals surface area contributed by atoms with Gasteiger partial charge in [0.2, 0.25) is 0 Å². The molecule has 17 heavy (non-hydrogen) atoms. The highest BCUT2D eigenvalue weighted by atomic mass is 16.5. The topological polar surface area (TPSA) is 46.5 Å². The molecule has 1 aromatic carbocycles. The van der Waals surface area contributed by atoms with Gasteiger partial charge in [-0.15, -0.1) is 0 Å². The SMILES string of the molecule is C[C@@H](C(=O)O)c1ccc2c(c1)CCC(C)(C)O2. The van der Waals surface area contributed by atoms with E-state index in [-0.39, 0.29) is 5.60 Å². The Morgan fingerprint density at radius 2 is 2.18 bits per heavy atom. The third-order valence-electron chi connectivity index (χ3n) is 3.34. The third kappa shape index (κ3) is 2.43. The molecule has 1 heterocycles. The second-order valence-electron chi connectivity index (χ2n) is 5.29. The lowest BCUT2D eigenvalue weighted by Crippen LogP contribution is -2.32. The van der Waals surface area contributed by atoms with Crippen molar-refractivity contribution < 1.29 is 14.6 Å². The summed E-state index contributed by atoms with van der Waals surface area (Å²) < 4.78 is 5.87. The van der Waals surface area contributed by atoms with Crippen molar-refractivity contribution in [1.29, 1.82) is 0 Å². The molecule has 0 aromatic heterocycles. The van der Waals surface area contributed by atoms with Gasteiger partial charge in [-0.3, -0.25) is 4.79 Å². The number of hydrogen-bond donors (Lipinski definition) is 1. The molecule has 3 nitrogen and oxygen atoms in total. The van der Waals surface area contributed by atoms with E-state index in [4.69, 9.17) is 9.84 Å². The lowest BCUT2D eigenvalue weighted by molar-refractivity contribution is -0.138. The van der Waals surface area contributed by atoms with Crippen LogP contribution in [-0.2, 0) is 11.2 Å². The highest BCUT2D eigenvalue weighted by Gasteiger charge is 2.27. The summed E-state index contributed by atoms with van der Waals surface area (Å²) in [6.07, 6.45) is 1.91. The number of aryl methyl sites for hydroxylation is 1. The summed E-state index contributed by atoms with van der Waals surface area (Å²) in [6, 6.07) is 5.70. The summed E-state index contributed by atoms with van der Waals surface area (Å²) >= 11 is 0. The van der Waals surface area contributed by atoms with Crippen molar-refractivity contribution in [3.63, 3.8) is 0 Å². The fraction of sp³-hybridized carbons (Fsp3) is 0.500. The molecule has 1 aromatic rings. The normalized spacial score (nSPS) is 19.0. The zero-order valence-corrected chi connectivity index (χ0v) is 10.5. The fourth-order valence-electron chi connectivity index (χ4n) is 2.09. The van der Waals surface area contributed by atoms with Gasteiger partial charge in [0, 0.05) is 0 Å². The van der Waals surface area contributed by atoms with E-state index in [0.29, 0.717) is 0 Å². The first kappa shape index (κ1) is 12.0. The van der Waals surface area contributed by atoms with Crippen LogP contribution in [0.3, 0.4) is 0 Å². The highest BCUT2D eigenvalue weighted by Crippen LogP contribution is 2.34. The number of carboxylic acid groups (broad SMARTS) is 1. The summed E-state index contributed by atoms with van der Waals surface area (Å²) in [4.78, 5) is 10.9. The Kier molecular flexibility index (Phi) is 2.86. The molecular weight excluding hydrogens is 216 g/mol. The Hall–Kier alpha value is -1.51. The van der Waals surface area contributed by atoms with Gasteiger partial charge in [0.1, 0.15) is 11.4 Å². The minimum atomic E-state index is -0.790. The van der Waals surface area contributed by atoms with Gasteiger partial charge in [0.05, 0.1) is 5.92 Å². The maximum atomic E-state index is 10.9. The second-order valence-corrected chi connectivity index (χ2v) is 5.29. The van der Waals surface area contributed by atoms with E-state index < -0.39 is 11.9 Å². The summed E-state index contributed by atoms with van der Waals surface area (Å²) in [6.45, 7) is 5.85. The molecule has 0 amide bonds. The van der Waals surface area contributed by atoms with E-state index in [9.17, 15) is 4.79 Å². The molecule has 1 aliphatic rings. The minimum absolute atomic E-state index is 0.118. The zero-order valence-electron chi connectivity index (χ0n) is 10.5. The van der Waals surface area contributed by atoms with Crippen LogP contribution in [0.2, 0.25) is 0 Å². The molecule has 1 atom stereocenters. The van der Waals surface area contributed by atoms with Crippen LogP contribution < -0.4 is 4.74 Å². The summed E-state index contributed by atoms with van der Waals surface area (Å²) in [5, 5.41) is 8.99. The van der Waals surface area contributed by atoms with Gasteiger partial charge >= 0.3 is 5.97 Å². The van der Waals surface area contributed by atoms with Crippen LogP contribution in [-0.4, -0.2) is 16.7 Å². The molecule has 0 saturated carbocycles. The summed E-state index contributed by atoms with van der Waals surface area (Å²) in [5.41, 5.74) is 1.85. The Morgan fingerprint density at radius 1 is 1.47 bits per heavy atom.